The Bertz CT molecular complexity index is 988. The van der Waals surface area contributed by atoms with E-state index in [-0.39, 0.29) is 29.0 Å². The van der Waals surface area contributed by atoms with E-state index in [1.807, 2.05) is 6.92 Å². The molecule has 3 N–H and O–H groups in total. The average molecular weight is 550 g/mol. The fourth-order valence-electron chi connectivity index (χ4n) is 9.71. The second-order valence-electron chi connectivity index (χ2n) is 13.7. The summed E-state index contributed by atoms with van der Waals surface area (Å²) >= 11 is 0. The molecule has 12 atom stereocenters. The van der Waals surface area contributed by atoms with Crippen LogP contribution in [0.2, 0.25) is 0 Å². The van der Waals surface area contributed by atoms with Crippen LogP contribution in [0.3, 0.4) is 0 Å². The lowest BCUT2D eigenvalue weighted by atomic mass is 9.42. The van der Waals surface area contributed by atoms with Gasteiger partial charge in [0.2, 0.25) is 0 Å². The first-order valence-corrected chi connectivity index (χ1v) is 15.0. The summed E-state index contributed by atoms with van der Waals surface area (Å²) in [5.41, 5.74) is 6.64. The minimum atomic E-state index is -0.699. The van der Waals surface area contributed by atoms with E-state index in [4.69, 9.17) is 24.7 Å². The predicted molar refractivity (Wildman–Crippen MR) is 141 cm³/mol. The van der Waals surface area contributed by atoms with E-state index < -0.39 is 41.9 Å². The van der Waals surface area contributed by atoms with Gasteiger partial charge in [-0.05, 0) is 93.3 Å². The van der Waals surface area contributed by atoms with Gasteiger partial charge in [0.05, 0.1) is 18.1 Å². The van der Waals surface area contributed by atoms with E-state index in [2.05, 4.69) is 13.8 Å². The summed E-state index contributed by atoms with van der Waals surface area (Å²) in [6, 6.07) is 0. The molecule has 5 aliphatic rings. The molecule has 4 unspecified atom stereocenters. The number of fused-ring (bicyclic) bond motifs is 5. The molecular weight excluding hydrogens is 502 g/mol. The number of carbonyl (C=O) groups excluding carboxylic acids is 2. The summed E-state index contributed by atoms with van der Waals surface area (Å²) in [4.78, 5) is 35.5. The first-order chi connectivity index (χ1) is 18.3. The number of hydrogen-bond acceptors (Lipinski definition) is 8. The summed E-state index contributed by atoms with van der Waals surface area (Å²) < 4.78 is 23.6. The van der Waals surface area contributed by atoms with Crippen molar-refractivity contribution in [3.63, 3.8) is 0 Å². The highest BCUT2D eigenvalue weighted by molar-refractivity contribution is 5.72. The molecule has 220 valence electrons. The Labute approximate surface area is 231 Å². The van der Waals surface area contributed by atoms with Gasteiger partial charge in [-0.3, -0.25) is 14.4 Å². The maximum absolute atomic E-state index is 12.1. The van der Waals surface area contributed by atoms with Gasteiger partial charge in [0, 0.05) is 25.8 Å². The number of carboxylic acid groups (broad SMARTS) is 1. The molecule has 9 heteroatoms. The van der Waals surface area contributed by atoms with Gasteiger partial charge in [0.1, 0.15) is 6.10 Å². The summed E-state index contributed by atoms with van der Waals surface area (Å²) in [5, 5.41) is 9.94. The number of nitrogens with two attached hydrogens (primary N) is 1. The summed E-state index contributed by atoms with van der Waals surface area (Å²) in [6.07, 6.45) is 6.47. The maximum Gasteiger partial charge on any atom is 0.307 e. The van der Waals surface area contributed by atoms with E-state index in [9.17, 15) is 19.5 Å². The third kappa shape index (κ3) is 4.80. The van der Waals surface area contributed by atoms with Gasteiger partial charge in [0.25, 0.3) is 0 Å². The van der Waals surface area contributed by atoms with E-state index in [1.165, 1.54) is 13.8 Å². The number of carbonyl (C=O) groups is 3. The van der Waals surface area contributed by atoms with Gasteiger partial charge in [-0.15, -0.1) is 0 Å². The van der Waals surface area contributed by atoms with Gasteiger partial charge in [-0.2, -0.15) is 0 Å². The molecule has 39 heavy (non-hydrogen) atoms. The van der Waals surface area contributed by atoms with Gasteiger partial charge in [-0.25, -0.2) is 0 Å². The van der Waals surface area contributed by atoms with Crippen molar-refractivity contribution < 1.29 is 38.4 Å². The summed E-state index contributed by atoms with van der Waals surface area (Å²) in [7, 11) is 0. The zero-order chi connectivity index (χ0) is 28.3. The monoisotopic (exact) mass is 549 g/mol. The topological polar surface area (TPSA) is 134 Å². The fourth-order valence-corrected chi connectivity index (χ4v) is 9.71. The standard InChI is InChI=1S/C30H47NO8/c1-16-24(37-17(2)32)15-25(38-18(3)33)27(36-16)39-20-8-11-28(4)19(14-20)6-7-22-21(28)9-12-29(5)23(26(34)35)10-13-30(22,29)31/h16,19-25,27H,6-15,31H2,1-5H3,(H,34,35)/t16-,19?,20?,21-,22+,23?,24+,25+,27-,28-,29+,30?/m0/s1. The molecule has 1 aliphatic heterocycles. The van der Waals surface area contributed by atoms with Crippen LogP contribution in [-0.2, 0) is 33.3 Å². The lowest BCUT2D eigenvalue weighted by molar-refractivity contribution is -0.288. The molecule has 0 aromatic carbocycles. The highest BCUT2D eigenvalue weighted by Crippen LogP contribution is 2.68. The zero-order valence-corrected chi connectivity index (χ0v) is 24.1. The van der Waals surface area contributed by atoms with Crippen molar-refractivity contribution in [2.24, 2.45) is 40.2 Å². The molecule has 4 saturated carbocycles. The molecule has 0 bridgehead atoms. The molecule has 4 aliphatic carbocycles. The second-order valence-corrected chi connectivity index (χ2v) is 13.7. The van der Waals surface area contributed by atoms with Crippen molar-refractivity contribution in [1.82, 2.24) is 0 Å². The quantitative estimate of drug-likeness (QED) is 0.382. The predicted octanol–water partition coefficient (Wildman–Crippen LogP) is 4.19. The average Bonchev–Trinajstić information content (AvgIpc) is 3.13. The van der Waals surface area contributed by atoms with Crippen LogP contribution in [-0.4, -0.2) is 59.3 Å². The minimum Gasteiger partial charge on any atom is -0.481 e. The van der Waals surface area contributed by atoms with Crippen LogP contribution in [0.4, 0.5) is 0 Å². The first-order valence-electron chi connectivity index (χ1n) is 15.0. The van der Waals surface area contributed by atoms with Gasteiger partial charge >= 0.3 is 17.9 Å². The number of rotatable bonds is 5. The number of aliphatic carboxylic acids is 1. The van der Waals surface area contributed by atoms with Crippen LogP contribution in [0, 0.1) is 34.5 Å². The third-order valence-electron chi connectivity index (χ3n) is 11.9. The molecule has 0 spiro atoms. The van der Waals surface area contributed by atoms with Crippen molar-refractivity contribution in [2.75, 3.05) is 0 Å². The molecular formula is C30H47NO8. The van der Waals surface area contributed by atoms with Crippen molar-refractivity contribution in [3.8, 4) is 0 Å². The molecule has 0 radical (unpaired) electrons. The van der Waals surface area contributed by atoms with Crippen molar-refractivity contribution >= 4 is 17.9 Å². The molecule has 0 amide bonds. The maximum atomic E-state index is 12.1. The highest BCUT2D eigenvalue weighted by Gasteiger charge is 2.67. The summed E-state index contributed by atoms with van der Waals surface area (Å²) in [6.45, 7) is 9.16. The Morgan fingerprint density at radius 2 is 1.56 bits per heavy atom. The lowest BCUT2D eigenvalue weighted by Gasteiger charge is -2.64. The highest BCUT2D eigenvalue weighted by atomic mass is 16.7. The van der Waals surface area contributed by atoms with Crippen LogP contribution in [0.1, 0.15) is 98.8 Å². The molecule has 5 fully saturated rings. The first kappa shape index (κ1) is 28.8. The molecule has 1 heterocycles. The van der Waals surface area contributed by atoms with Gasteiger partial charge in [0.15, 0.2) is 12.4 Å². The Morgan fingerprint density at radius 1 is 0.872 bits per heavy atom. The van der Waals surface area contributed by atoms with E-state index >= 15 is 0 Å². The van der Waals surface area contributed by atoms with Crippen molar-refractivity contribution in [1.29, 1.82) is 0 Å². The molecule has 9 nitrogen and oxygen atoms in total. The Balaban J connectivity index is 1.27. The largest absolute Gasteiger partial charge is 0.481 e. The van der Waals surface area contributed by atoms with Crippen molar-refractivity contribution in [3.05, 3.63) is 0 Å². The second kappa shape index (κ2) is 10.3. The number of carboxylic acids is 1. The number of esters is 2. The van der Waals surface area contributed by atoms with Crippen LogP contribution in [0.15, 0.2) is 0 Å². The summed E-state index contributed by atoms with van der Waals surface area (Å²) in [5.74, 6) is -0.505. The number of ether oxygens (including phenoxy) is 4. The Hall–Kier alpha value is -1.71. The van der Waals surface area contributed by atoms with E-state index in [0.29, 0.717) is 30.6 Å². The zero-order valence-electron chi connectivity index (χ0n) is 24.1. The normalized spacial score (nSPS) is 49.2. The van der Waals surface area contributed by atoms with Crippen LogP contribution in [0.5, 0.6) is 0 Å². The fraction of sp³-hybridized carbons (Fsp3) is 0.900. The Kier molecular flexibility index (Phi) is 7.60. The van der Waals surface area contributed by atoms with Crippen LogP contribution >= 0.6 is 0 Å². The van der Waals surface area contributed by atoms with Crippen LogP contribution in [0.25, 0.3) is 0 Å². The van der Waals surface area contributed by atoms with E-state index in [1.54, 1.807) is 0 Å². The van der Waals surface area contributed by atoms with Crippen molar-refractivity contribution in [2.45, 2.75) is 135 Å². The molecule has 5 rings (SSSR count). The Morgan fingerprint density at radius 3 is 2.23 bits per heavy atom. The van der Waals surface area contributed by atoms with Crippen LogP contribution < -0.4 is 5.73 Å². The number of hydrogen-bond donors (Lipinski definition) is 2. The third-order valence-corrected chi connectivity index (χ3v) is 11.9. The minimum absolute atomic E-state index is 0.0104. The molecule has 1 saturated heterocycles. The van der Waals surface area contributed by atoms with Gasteiger partial charge < -0.3 is 29.8 Å². The lowest BCUT2D eigenvalue weighted by Crippen LogP contribution is -2.66. The van der Waals surface area contributed by atoms with Gasteiger partial charge in [-0.1, -0.05) is 13.8 Å². The smallest absolute Gasteiger partial charge is 0.307 e. The SMILES string of the molecule is CC(=O)O[C@@H]1C[C@@H](OC(C)=O)[C@H](C)O[C@H]1OC1CC[C@@]2(C)C(CC[C@@H]3[C@@H]2CC[C@]2(C)C(C(=O)O)CCC32N)C1. The molecule has 0 aromatic heterocycles. The van der Waals surface area contributed by atoms with E-state index in [0.717, 1.165) is 51.4 Å². The molecule has 0 aromatic rings.